The summed E-state index contributed by atoms with van der Waals surface area (Å²) in [6, 6.07) is 0.968. The van der Waals surface area contributed by atoms with Crippen LogP contribution in [0.2, 0.25) is 0 Å². The average Bonchev–Trinajstić information content (AvgIpc) is 3.76. The fourth-order valence-electron chi connectivity index (χ4n) is 15.0. The molecule has 11 aliphatic rings. The van der Waals surface area contributed by atoms with Gasteiger partial charge in [0, 0.05) is 34.3 Å². The SMILES string of the molecule is CC(C)(C)C1=CCC2C(=C1)C1C(C(C)(C)C)=CC=C3B4C5=C6C(C7=C(C=CC(C(C)(C)C)C7)N6C6CC=C(C(C)(C7=CCCC=C7)C7CC=CCC7)C(=C46)N2C31)C(C(C)(C)C)C=C5. The van der Waals surface area contributed by atoms with E-state index in [0.29, 0.717) is 47.7 Å². The average molecular weight is 837 g/mol. The van der Waals surface area contributed by atoms with Gasteiger partial charge < -0.3 is 9.80 Å². The van der Waals surface area contributed by atoms with Crippen molar-refractivity contribution in [2.45, 2.75) is 160 Å². The Labute approximate surface area is 383 Å². The predicted molar refractivity (Wildman–Crippen MR) is 267 cm³/mol. The third kappa shape index (κ3) is 6.01. The third-order valence-electron chi connectivity index (χ3n) is 18.3. The lowest BCUT2D eigenvalue weighted by molar-refractivity contribution is 0.206. The Morgan fingerprint density at radius 2 is 1.44 bits per heavy atom. The largest absolute Gasteiger partial charge is 0.358 e. The van der Waals surface area contributed by atoms with E-state index >= 15 is 0 Å². The molecule has 0 bridgehead atoms. The zero-order valence-corrected chi connectivity index (χ0v) is 41.3. The molecule has 0 aromatic carbocycles. The number of hydrogen-bond donors (Lipinski definition) is 0. The van der Waals surface area contributed by atoms with Crippen molar-refractivity contribution in [2.75, 3.05) is 0 Å². The van der Waals surface area contributed by atoms with E-state index in [4.69, 9.17) is 0 Å². The lowest BCUT2D eigenvalue weighted by Gasteiger charge is -2.57. The van der Waals surface area contributed by atoms with Crippen LogP contribution in [0.1, 0.15) is 141 Å². The molecular formula is C60H77BN2. The Bertz CT molecular complexity index is 2460. The van der Waals surface area contributed by atoms with Crippen LogP contribution in [-0.2, 0) is 0 Å². The Morgan fingerprint density at radius 1 is 0.667 bits per heavy atom. The molecule has 9 atom stereocenters. The van der Waals surface area contributed by atoms with Crippen LogP contribution in [0.25, 0.3) is 0 Å². The number of hydrogen-bond acceptors (Lipinski definition) is 2. The van der Waals surface area contributed by atoms with E-state index in [1.807, 2.05) is 0 Å². The number of nitrogens with zero attached hydrogens (tertiary/aromatic N) is 2. The van der Waals surface area contributed by atoms with Crippen molar-refractivity contribution in [3.63, 3.8) is 0 Å². The van der Waals surface area contributed by atoms with Crippen LogP contribution in [0.15, 0.2) is 152 Å². The Kier molecular flexibility index (Phi) is 9.26. The molecule has 1 fully saturated rings. The molecule has 0 N–H and O–H groups in total. The Hall–Kier alpha value is -3.72. The zero-order valence-electron chi connectivity index (χ0n) is 41.3. The summed E-state index contributed by atoms with van der Waals surface area (Å²) in [5.74, 6) is 2.36. The Balaban J connectivity index is 1.21. The number of fused-ring (bicyclic) bond motifs is 9. The molecular weight excluding hydrogens is 759 g/mol. The summed E-state index contributed by atoms with van der Waals surface area (Å²) in [4.78, 5) is 6.10. The van der Waals surface area contributed by atoms with Crippen LogP contribution >= 0.6 is 0 Å². The Morgan fingerprint density at radius 3 is 2.11 bits per heavy atom. The monoisotopic (exact) mass is 837 g/mol. The molecule has 0 amide bonds. The highest BCUT2D eigenvalue weighted by atomic mass is 15.3. The summed E-state index contributed by atoms with van der Waals surface area (Å²) < 4.78 is 0. The molecule has 0 aromatic heterocycles. The van der Waals surface area contributed by atoms with Gasteiger partial charge in [-0.1, -0.05) is 180 Å². The third-order valence-corrected chi connectivity index (χ3v) is 18.3. The van der Waals surface area contributed by atoms with E-state index in [0.717, 1.165) is 32.1 Å². The minimum atomic E-state index is -0.0851. The molecule has 1 saturated heterocycles. The van der Waals surface area contributed by atoms with Crippen LogP contribution in [0.3, 0.4) is 0 Å². The highest BCUT2D eigenvalue weighted by Gasteiger charge is 2.64. The fraction of sp³-hybridized carbons (Fsp3) is 0.567. The lowest BCUT2D eigenvalue weighted by atomic mass is 9.27. The minimum absolute atomic E-state index is 0.0611. The smallest absolute Gasteiger partial charge is 0.242 e. The molecule has 3 heteroatoms. The van der Waals surface area contributed by atoms with Crippen molar-refractivity contribution in [2.24, 2.45) is 56.7 Å². The number of rotatable bonds is 3. The molecule has 0 saturated carbocycles. The first-order valence-electron chi connectivity index (χ1n) is 25.4. The summed E-state index contributed by atoms with van der Waals surface area (Å²) in [5, 5.41) is 0. The van der Waals surface area contributed by atoms with Gasteiger partial charge >= 0.3 is 0 Å². The fourth-order valence-corrected chi connectivity index (χ4v) is 15.0. The molecule has 2 nitrogen and oxygen atoms in total. The standard InChI is InChI=1S/C60H77BN2/c1-56(2,3)38-24-31-47-40(34-38)50-42(58(7,8)9)26-29-45-54(50)62(47)49-33-28-44(60(13,36-20-16-14-17-21-36)37-22-18-15-19-23-37)53-52(49)61(45)46-30-27-43(59(10,11)12)51-41-35-39(57(4,5)6)25-32-48(41)63(53)55(46)51/h14,16,18,22-31,35-36,38,42,48-51,55H,15,17,19-21,32-34H2,1-13H3. The van der Waals surface area contributed by atoms with Gasteiger partial charge in [0.2, 0.25) is 6.71 Å². The maximum absolute atomic E-state index is 3.12. The molecule has 0 spiro atoms. The van der Waals surface area contributed by atoms with Crippen molar-refractivity contribution in [3.05, 3.63) is 152 Å². The summed E-state index contributed by atoms with van der Waals surface area (Å²) in [7, 11) is 0. The zero-order chi connectivity index (χ0) is 44.3. The van der Waals surface area contributed by atoms with Crippen molar-refractivity contribution in [1.82, 2.24) is 9.80 Å². The van der Waals surface area contributed by atoms with Crippen LogP contribution in [0.5, 0.6) is 0 Å². The van der Waals surface area contributed by atoms with Gasteiger partial charge in [-0.2, -0.15) is 0 Å². The molecule has 0 aromatic rings. The molecule has 330 valence electrons. The summed E-state index contributed by atoms with van der Waals surface area (Å²) >= 11 is 0. The highest BCUT2D eigenvalue weighted by Crippen LogP contribution is 2.66. The van der Waals surface area contributed by atoms with Gasteiger partial charge in [0.15, 0.2) is 0 Å². The highest BCUT2D eigenvalue weighted by molar-refractivity contribution is 6.82. The van der Waals surface area contributed by atoms with Crippen molar-refractivity contribution in [1.29, 1.82) is 0 Å². The van der Waals surface area contributed by atoms with Gasteiger partial charge in [-0.15, -0.1) is 0 Å². The van der Waals surface area contributed by atoms with E-state index in [1.165, 1.54) is 24.8 Å². The maximum Gasteiger partial charge on any atom is 0.242 e. The van der Waals surface area contributed by atoms with Crippen LogP contribution in [0, 0.1) is 56.7 Å². The predicted octanol–water partition coefficient (Wildman–Crippen LogP) is 14.9. The second kappa shape index (κ2) is 13.9. The van der Waals surface area contributed by atoms with Crippen LogP contribution in [-0.4, -0.2) is 34.6 Å². The molecule has 4 heterocycles. The van der Waals surface area contributed by atoms with E-state index in [2.05, 4.69) is 185 Å². The first-order chi connectivity index (χ1) is 29.7. The first-order valence-corrected chi connectivity index (χ1v) is 25.4. The second-order valence-electron chi connectivity index (χ2n) is 26.0. The first kappa shape index (κ1) is 42.0. The second-order valence-corrected chi connectivity index (χ2v) is 26.0. The maximum atomic E-state index is 3.12. The van der Waals surface area contributed by atoms with E-state index in [-0.39, 0.29) is 33.8 Å². The number of allylic oxidation sites excluding steroid dienone is 17. The molecule has 63 heavy (non-hydrogen) atoms. The molecule has 9 unspecified atom stereocenters. The summed E-state index contributed by atoms with van der Waals surface area (Å²) in [5.41, 5.74) is 20.1. The van der Waals surface area contributed by atoms with E-state index in [9.17, 15) is 0 Å². The van der Waals surface area contributed by atoms with Gasteiger partial charge in [-0.3, -0.25) is 0 Å². The minimum Gasteiger partial charge on any atom is -0.358 e. The van der Waals surface area contributed by atoms with Gasteiger partial charge in [-0.05, 0) is 136 Å². The van der Waals surface area contributed by atoms with Crippen molar-refractivity contribution >= 4 is 6.71 Å². The molecule has 4 aliphatic heterocycles. The van der Waals surface area contributed by atoms with E-state index in [1.54, 1.807) is 61.4 Å². The normalized spacial score (nSPS) is 34.1. The topological polar surface area (TPSA) is 6.48 Å². The van der Waals surface area contributed by atoms with Gasteiger partial charge in [0.05, 0.1) is 18.1 Å². The van der Waals surface area contributed by atoms with Gasteiger partial charge in [0.1, 0.15) is 0 Å². The molecule has 0 radical (unpaired) electrons. The van der Waals surface area contributed by atoms with Gasteiger partial charge in [0.25, 0.3) is 0 Å². The molecule has 7 aliphatic carbocycles. The van der Waals surface area contributed by atoms with Crippen molar-refractivity contribution < 1.29 is 0 Å². The van der Waals surface area contributed by atoms with Crippen LogP contribution < -0.4 is 0 Å². The lowest BCUT2D eigenvalue weighted by Crippen LogP contribution is -2.59. The molecule has 11 rings (SSSR count). The van der Waals surface area contributed by atoms with E-state index < -0.39 is 0 Å². The quantitative estimate of drug-likeness (QED) is 0.206. The van der Waals surface area contributed by atoms with Crippen molar-refractivity contribution in [3.8, 4) is 0 Å². The van der Waals surface area contributed by atoms with Crippen LogP contribution in [0.4, 0.5) is 0 Å². The summed E-state index contributed by atoms with van der Waals surface area (Å²) in [6.45, 7) is 32.6. The summed E-state index contributed by atoms with van der Waals surface area (Å²) in [6.07, 6.45) is 46.1. The van der Waals surface area contributed by atoms with Gasteiger partial charge in [-0.25, -0.2) is 0 Å².